The van der Waals surface area contributed by atoms with Crippen LogP contribution < -0.4 is 5.73 Å². The van der Waals surface area contributed by atoms with Crippen molar-refractivity contribution in [2.75, 3.05) is 13.1 Å². The van der Waals surface area contributed by atoms with Gasteiger partial charge in [0.1, 0.15) is 4.90 Å². The van der Waals surface area contributed by atoms with Gasteiger partial charge in [-0.05, 0) is 37.8 Å². The van der Waals surface area contributed by atoms with Crippen LogP contribution in [0.5, 0.6) is 0 Å². The summed E-state index contributed by atoms with van der Waals surface area (Å²) in [5.74, 6) is 0.372. The standard InChI is InChI=1S/C13H18Cl2N2O2S.ClH/c1-9(16)10-5-7-17(8-6-10)20(18,19)12-4-2-3-11(14)13(12)15;/h2-4,9-10H,5-8,16H2,1H3;1H. The first-order chi connectivity index (χ1) is 9.34. The van der Waals surface area contributed by atoms with E-state index in [9.17, 15) is 8.42 Å². The quantitative estimate of drug-likeness (QED) is 0.885. The van der Waals surface area contributed by atoms with Crippen molar-refractivity contribution in [1.82, 2.24) is 4.31 Å². The van der Waals surface area contributed by atoms with Gasteiger partial charge in [0, 0.05) is 19.1 Å². The van der Waals surface area contributed by atoms with Crippen LogP contribution in [-0.2, 0) is 10.0 Å². The van der Waals surface area contributed by atoms with E-state index in [0.717, 1.165) is 12.8 Å². The van der Waals surface area contributed by atoms with Gasteiger partial charge in [0.05, 0.1) is 10.0 Å². The third-order valence-electron chi connectivity index (χ3n) is 3.78. The molecule has 0 aromatic heterocycles. The van der Waals surface area contributed by atoms with Gasteiger partial charge in [-0.25, -0.2) is 8.42 Å². The van der Waals surface area contributed by atoms with Crippen molar-refractivity contribution < 1.29 is 8.42 Å². The summed E-state index contributed by atoms with van der Waals surface area (Å²) in [6, 6.07) is 4.75. The minimum absolute atomic E-state index is 0. The highest BCUT2D eigenvalue weighted by Crippen LogP contribution is 2.32. The molecule has 1 aromatic carbocycles. The number of benzene rings is 1. The highest BCUT2D eigenvalue weighted by Gasteiger charge is 2.32. The molecule has 1 fully saturated rings. The Kier molecular flexibility index (Phi) is 6.78. The first-order valence-corrected chi connectivity index (χ1v) is 8.73. The zero-order chi connectivity index (χ0) is 14.9. The van der Waals surface area contributed by atoms with Crippen LogP contribution in [0, 0.1) is 5.92 Å². The number of halogens is 3. The van der Waals surface area contributed by atoms with E-state index in [-0.39, 0.29) is 33.4 Å². The number of hydrogen-bond donors (Lipinski definition) is 1. The maximum Gasteiger partial charge on any atom is 0.244 e. The molecule has 8 heteroatoms. The van der Waals surface area contributed by atoms with E-state index in [1.54, 1.807) is 12.1 Å². The van der Waals surface area contributed by atoms with E-state index in [4.69, 9.17) is 28.9 Å². The van der Waals surface area contributed by atoms with Gasteiger partial charge in [-0.15, -0.1) is 12.4 Å². The van der Waals surface area contributed by atoms with E-state index in [1.807, 2.05) is 6.92 Å². The van der Waals surface area contributed by atoms with Crippen molar-refractivity contribution in [3.63, 3.8) is 0 Å². The third kappa shape index (κ3) is 4.03. The zero-order valence-corrected chi connectivity index (χ0v) is 14.8. The Bertz CT molecular complexity index is 585. The molecule has 0 saturated carbocycles. The summed E-state index contributed by atoms with van der Waals surface area (Å²) in [5, 5.41) is 0.335. The summed E-state index contributed by atoms with van der Waals surface area (Å²) in [7, 11) is -3.59. The molecule has 1 unspecified atom stereocenters. The molecule has 0 radical (unpaired) electrons. The SMILES string of the molecule is CC(N)C1CCN(S(=O)(=O)c2cccc(Cl)c2Cl)CC1.Cl. The van der Waals surface area contributed by atoms with Crippen LogP contribution in [-0.4, -0.2) is 31.9 Å². The van der Waals surface area contributed by atoms with Crippen molar-refractivity contribution in [3.05, 3.63) is 28.2 Å². The lowest BCUT2D eigenvalue weighted by atomic mass is 9.92. The summed E-state index contributed by atoms with van der Waals surface area (Å²) < 4.78 is 26.6. The lowest BCUT2D eigenvalue weighted by molar-refractivity contribution is 0.251. The summed E-state index contributed by atoms with van der Waals surface area (Å²) in [5.41, 5.74) is 5.87. The molecule has 1 heterocycles. The van der Waals surface area contributed by atoms with Crippen molar-refractivity contribution in [3.8, 4) is 0 Å². The van der Waals surface area contributed by atoms with Crippen molar-refractivity contribution in [1.29, 1.82) is 0 Å². The average molecular weight is 374 g/mol. The maximum absolute atomic E-state index is 12.6. The summed E-state index contributed by atoms with van der Waals surface area (Å²) in [6.07, 6.45) is 1.55. The molecule has 0 spiro atoms. The number of nitrogens with zero attached hydrogens (tertiary/aromatic N) is 1. The first kappa shape index (κ1) is 19.0. The second-order valence-corrected chi connectivity index (χ2v) is 7.84. The van der Waals surface area contributed by atoms with Crippen molar-refractivity contribution in [2.24, 2.45) is 11.7 Å². The van der Waals surface area contributed by atoms with Crippen LogP contribution in [0.15, 0.2) is 23.1 Å². The average Bonchev–Trinajstić information content (AvgIpc) is 2.41. The van der Waals surface area contributed by atoms with E-state index >= 15 is 0 Å². The minimum Gasteiger partial charge on any atom is -0.328 e. The van der Waals surface area contributed by atoms with E-state index in [2.05, 4.69) is 0 Å². The zero-order valence-electron chi connectivity index (χ0n) is 11.6. The molecule has 4 nitrogen and oxygen atoms in total. The molecule has 0 aliphatic carbocycles. The Morgan fingerprint density at radius 1 is 1.29 bits per heavy atom. The van der Waals surface area contributed by atoms with Gasteiger partial charge in [-0.1, -0.05) is 29.3 Å². The maximum atomic E-state index is 12.6. The van der Waals surface area contributed by atoms with Crippen LogP contribution in [0.4, 0.5) is 0 Å². The number of hydrogen-bond acceptors (Lipinski definition) is 3. The number of piperidine rings is 1. The number of sulfonamides is 1. The van der Waals surface area contributed by atoms with Gasteiger partial charge in [0.25, 0.3) is 0 Å². The molecule has 2 N–H and O–H groups in total. The smallest absolute Gasteiger partial charge is 0.244 e. The monoisotopic (exact) mass is 372 g/mol. The molecule has 1 aliphatic heterocycles. The number of rotatable bonds is 3. The largest absolute Gasteiger partial charge is 0.328 e. The van der Waals surface area contributed by atoms with Crippen LogP contribution in [0.1, 0.15) is 19.8 Å². The molecule has 1 aliphatic rings. The van der Waals surface area contributed by atoms with Gasteiger partial charge in [-0.2, -0.15) is 4.31 Å². The highest BCUT2D eigenvalue weighted by molar-refractivity contribution is 7.89. The van der Waals surface area contributed by atoms with E-state index in [0.29, 0.717) is 19.0 Å². The van der Waals surface area contributed by atoms with Crippen molar-refractivity contribution >= 4 is 45.6 Å². The molecular formula is C13H19Cl3N2O2S. The number of nitrogens with two attached hydrogens (primary N) is 1. The fraction of sp³-hybridized carbons (Fsp3) is 0.538. The van der Waals surface area contributed by atoms with Gasteiger partial charge >= 0.3 is 0 Å². The minimum atomic E-state index is -3.59. The topological polar surface area (TPSA) is 63.4 Å². The van der Waals surface area contributed by atoms with Gasteiger partial charge in [0.2, 0.25) is 10.0 Å². The predicted octanol–water partition coefficient (Wildman–Crippen LogP) is 3.16. The molecular weight excluding hydrogens is 355 g/mol. The summed E-state index contributed by atoms with van der Waals surface area (Å²) >= 11 is 11.9. The Balaban J connectivity index is 0.00000220. The Labute approximate surface area is 142 Å². The second kappa shape index (κ2) is 7.49. The van der Waals surface area contributed by atoms with Gasteiger partial charge in [0.15, 0.2) is 0 Å². The lowest BCUT2D eigenvalue weighted by Crippen LogP contribution is -2.42. The van der Waals surface area contributed by atoms with E-state index in [1.165, 1.54) is 10.4 Å². The second-order valence-electron chi connectivity index (χ2n) is 5.15. The Morgan fingerprint density at radius 3 is 2.38 bits per heavy atom. The molecule has 120 valence electrons. The molecule has 21 heavy (non-hydrogen) atoms. The van der Waals surface area contributed by atoms with Crippen LogP contribution >= 0.6 is 35.6 Å². The predicted molar refractivity (Wildman–Crippen MR) is 88.8 cm³/mol. The lowest BCUT2D eigenvalue weighted by Gasteiger charge is -2.33. The van der Waals surface area contributed by atoms with Gasteiger partial charge < -0.3 is 5.73 Å². The Hall–Kier alpha value is -0.0400. The highest BCUT2D eigenvalue weighted by atomic mass is 35.5. The molecule has 1 saturated heterocycles. The fourth-order valence-corrected chi connectivity index (χ4v) is 4.67. The summed E-state index contributed by atoms with van der Waals surface area (Å²) in [6.45, 7) is 2.90. The van der Waals surface area contributed by atoms with Crippen LogP contribution in [0.25, 0.3) is 0 Å². The fourth-order valence-electron chi connectivity index (χ4n) is 2.46. The van der Waals surface area contributed by atoms with E-state index < -0.39 is 10.0 Å². The molecule has 2 rings (SSSR count). The molecule has 1 aromatic rings. The third-order valence-corrected chi connectivity index (χ3v) is 6.65. The summed E-state index contributed by atoms with van der Waals surface area (Å²) in [4.78, 5) is 0.0749. The molecule has 0 amide bonds. The normalized spacial score (nSPS) is 19.0. The van der Waals surface area contributed by atoms with Crippen LogP contribution in [0.2, 0.25) is 10.0 Å². The van der Waals surface area contributed by atoms with Crippen LogP contribution in [0.3, 0.4) is 0 Å². The van der Waals surface area contributed by atoms with Crippen molar-refractivity contribution in [2.45, 2.75) is 30.7 Å². The molecule has 0 bridgehead atoms. The van der Waals surface area contributed by atoms with Gasteiger partial charge in [-0.3, -0.25) is 0 Å². The first-order valence-electron chi connectivity index (χ1n) is 6.53. The Morgan fingerprint density at radius 2 is 1.86 bits per heavy atom. The molecule has 1 atom stereocenters.